The van der Waals surface area contributed by atoms with E-state index in [1.54, 1.807) is 13.1 Å². The molecule has 17 heavy (non-hydrogen) atoms. The van der Waals surface area contributed by atoms with Crippen LogP contribution >= 0.6 is 0 Å². The lowest BCUT2D eigenvalue weighted by Gasteiger charge is -2.27. The summed E-state index contributed by atoms with van der Waals surface area (Å²) in [5.74, 6) is 0.305. The molecule has 0 aliphatic heterocycles. The third-order valence-corrected chi connectivity index (χ3v) is 2.92. The van der Waals surface area contributed by atoms with Gasteiger partial charge in [-0.3, -0.25) is 4.79 Å². The topological polar surface area (TPSA) is 82.2 Å². The molecule has 1 atom stereocenters. The molecule has 0 saturated heterocycles. The molecule has 1 heterocycles. The number of amides is 1. The predicted molar refractivity (Wildman–Crippen MR) is 65.0 cm³/mol. The SMILES string of the molecule is CCC(C)(CN)NC(=O)c1cc(OC)n(C)n1. The van der Waals surface area contributed by atoms with Crippen molar-refractivity contribution in [2.75, 3.05) is 13.7 Å². The van der Waals surface area contributed by atoms with Crippen molar-refractivity contribution in [3.05, 3.63) is 11.8 Å². The summed E-state index contributed by atoms with van der Waals surface area (Å²) < 4.78 is 6.57. The number of methoxy groups -OCH3 is 1. The van der Waals surface area contributed by atoms with Crippen LogP contribution in [0.1, 0.15) is 30.8 Å². The quantitative estimate of drug-likeness (QED) is 0.774. The standard InChI is InChI=1S/C11H20N4O2/c1-5-11(2,7-12)13-10(16)8-6-9(17-4)15(3)14-8/h6H,5,7,12H2,1-4H3,(H,13,16). The molecule has 3 N–H and O–H groups in total. The number of ether oxygens (including phenoxy) is 1. The molecule has 0 radical (unpaired) electrons. The van der Waals surface area contributed by atoms with Gasteiger partial charge in [0.1, 0.15) is 0 Å². The molecule has 96 valence electrons. The Kier molecular flexibility index (Phi) is 4.11. The first-order chi connectivity index (χ1) is 7.95. The van der Waals surface area contributed by atoms with Crippen LogP contribution in [0.3, 0.4) is 0 Å². The molecule has 0 spiro atoms. The Balaban J connectivity index is 2.83. The van der Waals surface area contributed by atoms with Gasteiger partial charge in [-0.05, 0) is 13.3 Å². The average Bonchev–Trinajstić information content (AvgIpc) is 2.70. The van der Waals surface area contributed by atoms with E-state index in [2.05, 4.69) is 10.4 Å². The molecule has 1 aromatic rings. The largest absolute Gasteiger partial charge is 0.481 e. The fourth-order valence-electron chi connectivity index (χ4n) is 1.37. The Morgan fingerprint density at radius 2 is 2.35 bits per heavy atom. The van der Waals surface area contributed by atoms with E-state index in [9.17, 15) is 4.79 Å². The molecule has 1 unspecified atom stereocenters. The summed E-state index contributed by atoms with van der Waals surface area (Å²) in [6.07, 6.45) is 0.763. The zero-order valence-electron chi connectivity index (χ0n) is 10.8. The van der Waals surface area contributed by atoms with Crippen molar-refractivity contribution in [3.8, 4) is 5.88 Å². The van der Waals surface area contributed by atoms with Gasteiger partial charge in [-0.15, -0.1) is 0 Å². The number of hydrogen-bond donors (Lipinski definition) is 2. The Bertz CT molecular complexity index is 396. The molecule has 0 aliphatic carbocycles. The van der Waals surface area contributed by atoms with Gasteiger partial charge < -0.3 is 15.8 Å². The van der Waals surface area contributed by atoms with Crippen LogP contribution in [0.4, 0.5) is 0 Å². The Morgan fingerprint density at radius 3 is 2.76 bits per heavy atom. The molecule has 6 heteroatoms. The van der Waals surface area contributed by atoms with E-state index in [0.29, 0.717) is 18.1 Å². The predicted octanol–water partition coefficient (Wildman–Crippen LogP) is 0.286. The van der Waals surface area contributed by atoms with Crippen molar-refractivity contribution in [2.45, 2.75) is 25.8 Å². The van der Waals surface area contributed by atoms with E-state index in [4.69, 9.17) is 10.5 Å². The van der Waals surface area contributed by atoms with Crippen LogP contribution in [0.2, 0.25) is 0 Å². The average molecular weight is 240 g/mol. The number of aromatic nitrogens is 2. The Labute approximate surface area is 101 Å². The Morgan fingerprint density at radius 1 is 1.71 bits per heavy atom. The lowest BCUT2D eigenvalue weighted by atomic mass is 9.99. The van der Waals surface area contributed by atoms with Gasteiger partial charge >= 0.3 is 0 Å². The minimum atomic E-state index is -0.401. The summed E-state index contributed by atoms with van der Waals surface area (Å²) in [6.45, 7) is 4.27. The highest BCUT2D eigenvalue weighted by molar-refractivity contribution is 5.93. The van der Waals surface area contributed by atoms with E-state index in [-0.39, 0.29) is 5.91 Å². The second-order valence-corrected chi connectivity index (χ2v) is 4.27. The van der Waals surface area contributed by atoms with Crippen molar-refractivity contribution in [2.24, 2.45) is 12.8 Å². The molecule has 0 saturated carbocycles. The van der Waals surface area contributed by atoms with Crippen molar-refractivity contribution in [1.29, 1.82) is 0 Å². The summed E-state index contributed by atoms with van der Waals surface area (Å²) in [7, 11) is 3.26. The number of hydrogen-bond acceptors (Lipinski definition) is 4. The molecular formula is C11H20N4O2. The maximum Gasteiger partial charge on any atom is 0.272 e. The van der Waals surface area contributed by atoms with Crippen molar-refractivity contribution in [1.82, 2.24) is 15.1 Å². The number of nitrogens with one attached hydrogen (secondary N) is 1. The molecule has 0 bridgehead atoms. The highest BCUT2D eigenvalue weighted by Gasteiger charge is 2.24. The van der Waals surface area contributed by atoms with Crippen LogP contribution in [-0.4, -0.2) is 34.9 Å². The van der Waals surface area contributed by atoms with Crippen molar-refractivity contribution in [3.63, 3.8) is 0 Å². The number of aryl methyl sites for hydroxylation is 1. The van der Waals surface area contributed by atoms with Gasteiger partial charge in [0.25, 0.3) is 5.91 Å². The Hall–Kier alpha value is -1.56. The lowest BCUT2D eigenvalue weighted by Crippen LogP contribution is -2.51. The number of rotatable bonds is 5. The van der Waals surface area contributed by atoms with Crippen LogP contribution < -0.4 is 15.8 Å². The van der Waals surface area contributed by atoms with Crippen LogP contribution in [0.25, 0.3) is 0 Å². The molecule has 1 amide bonds. The summed E-state index contributed by atoms with van der Waals surface area (Å²) in [5, 5.41) is 6.95. The lowest BCUT2D eigenvalue weighted by molar-refractivity contribution is 0.0900. The zero-order valence-corrected chi connectivity index (χ0v) is 10.8. The van der Waals surface area contributed by atoms with Gasteiger partial charge in [-0.25, -0.2) is 4.68 Å². The zero-order chi connectivity index (χ0) is 13.1. The molecule has 0 aliphatic rings. The normalized spacial score (nSPS) is 14.2. The molecule has 1 aromatic heterocycles. The van der Waals surface area contributed by atoms with Gasteiger partial charge in [0.05, 0.1) is 7.11 Å². The van der Waals surface area contributed by atoms with Gasteiger partial charge in [-0.1, -0.05) is 6.92 Å². The highest BCUT2D eigenvalue weighted by atomic mass is 16.5. The third kappa shape index (κ3) is 2.97. The summed E-state index contributed by atoms with van der Waals surface area (Å²) >= 11 is 0. The maximum absolute atomic E-state index is 12.0. The monoisotopic (exact) mass is 240 g/mol. The van der Waals surface area contributed by atoms with E-state index < -0.39 is 5.54 Å². The molecule has 0 fully saturated rings. The van der Waals surface area contributed by atoms with Crippen LogP contribution in [0.15, 0.2) is 6.07 Å². The molecule has 1 rings (SSSR count). The molecule has 6 nitrogen and oxygen atoms in total. The van der Waals surface area contributed by atoms with Crippen LogP contribution in [0.5, 0.6) is 5.88 Å². The fraction of sp³-hybridized carbons (Fsp3) is 0.636. The van der Waals surface area contributed by atoms with E-state index >= 15 is 0 Å². The number of nitrogens with zero attached hydrogens (tertiary/aromatic N) is 2. The molecule has 0 aromatic carbocycles. The first-order valence-electron chi connectivity index (χ1n) is 5.56. The van der Waals surface area contributed by atoms with E-state index in [1.165, 1.54) is 11.8 Å². The smallest absolute Gasteiger partial charge is 0.272 e. The minimum Gasteiger partial charge on any atom is -0.481 e. The van der Waals surface area contributed by atoms with E-state index in [0.717, 1.165) is 6.42 Å². The van der Waals surface area contributed by atoms with Gasteiger partial charge in [0, 0.05) is 25.2 Å². The van der Waals surface area contributed by atoms with Crippen molar-refractivity contribution < 1.29 is 9.53 Å². The first kappa shape index (κ1) is 13.5. The highest BCUT2D eigenvalue weighted by Crippen LogP contribution is 2.13. The van der Waals surface area contributed by atoms with Crippen LogP contribution in [-0.2, 0) is 7.05 Å². The van der Waals surface area contributed by atoms with Gasteiger partial charge in [-0.2, -0.15) is 5.10 Å². The summed E-state index contributed by atoms with van der Waals surface area (Å²) in [5.41, 5.74) is 5.57. The van der Waals surface area contributed by atoms with Crippen LogP contribution in [0, 0.1) is 0 Å². The number of carbonyl (C=O) groups excluding carboxylic acids is 1. The summed E-state index contributed by atoms with van der Waals surface area (Å²) in [4.78, 5) is 12.0. The fourth-order valence-corrected chi connectivity index (χ4v) is 1.37. The first-order valence-corrected chi connectivity index (χ1v) is 5.56. The summed E-state index contributed by atoms with van der Waals surface area (Å²) in [6, 6.07) is 1.60. The van der Waals surface area contributed by atoms with Gasteiger partial charge in [0.2, 0.25) is 5.88 Å². The second-order valence-electron chi connectivity index (χ2n) is 4.27. The maximum atomic E-state index is 12.0. The van der Waals surface area contributed by atoms with Crippen molar-refractivity contribution >= 4 is 5.91 Å². The third-order valence-electron chi connectivity index (χ3n) is 2.92. The molecular weight excluding hydrogens is 220 g/mol. The number of nitrogens with two attached hydrogens (primary N) is 1. The second kappa shape index (κ2) is 5.18. The van der Waals surface area contributed by atoms with E-state index in [1.807, 2.05) is 13.8 Å². The minimum absolute atomic E-state index is 0.237. The number of carbonyl (C=O) groups is 1. The van der Waals surface area contributed by atoms with Gasteiger partial charge in [0.15, 0.2) is 5.69 Å².